The van der Waals surface area contributed by atoms with Crippen LogP contribution >= 0.6 is 11.6 Å². The van der Waals surface area contributed by atoms with Crippen LogP contribution in [0.1, 0.15) is 15.9 Å². The number of likely N-dealkylation sites (N-methyl/N-ethyl adjacent to an activating group) is 1. The fourth-order valence-corrected chi connectivity index (χ4v) is 3.31. The van der Waals surface area contributed by atoms with E-state index in [9.17, 15) is 18.0 Å². The van der Waals surface area contributed by atoms with Gasteiger partial charge in [-0.25, -0.2) is 13.2 Å². The van der Waals surface area contributed by atoms with Gasteiger partial charge in [-0.05, 0) is 24.6 Å². The Hall–Kier alpha value is -1.64. The molecule has 1 aromatic rings. The van der Waals surface area contributed by atoms with Crippen molar-refractivity contribution in [2.24, 2.45) is 0 Å². The van der Waals surface area contributed by atoms with Gasteiger partial charge < -0.3 is 9.84 Å². The summed E-state index contributed by atoms with van der Waals surface area (Å²) >= 11 is 5.77. The van der Waals surface area contributed by atoms with E-state index in [0.29, 0.717) is 0 Å². The molecule has 116 valence electrons. The van der Waals surface area contributed by atoms with Gasteiger partial charge in [-0.15, -0.1) is 0 Å². The van der Waals surface area contributed by atoms with Crippen molar-refractivity contribution in [2.75, 3.05) is 20.7 Å². The second-order valence-corrected chi connectivity index (χ2v) is 6.67. The molecule has 0 saturated heterocycles. The lowest BCUT2D eigenvalue weighted by atomic mass is 10.1. The van der Waals surface area contributed by atoms with Crippen LogP contribution in [0.4, 0.5) is 0 Å². The first kappa shape index (κ1) is 17.4. The summed E-state index contributed by atoms with van der Waals surface area (Å²) in [5, 5.41) is 9.04. The zero-order chi connectivity index (χ0) is 16.4. The van der Waals surface area contributed by atoms with Crippen molar-refractivity contribution < 1.29 is 27.9 Å². The van der Waals surface area contributed by atoms with Crippen LogP contribution < -0.4 is 0 Å². The SMILES string of the molecule is COC(=O)CN(C)S(=O)(=O)c1cc(Cl)cc(C(=O)O)c1C. The number of carbonyl (C=O) groups excluding carboxylic acids is 1. The standard InChI is InChI=1S/C12H14ClNO6S/c1-7-9(12(16)17)4-8(13)5-10(7)21(18,19)14(2)6-11(15)20-3/h4-5H,6H2,1-3H3,(H,16,17). The van der Waals surface area contributed by atoms with Crippen molar-refractivity contribution in [3.63, 3.8) is 0 Å². The number of hydrogen-bond donors (Lipinski definition) is 1. The highest BCUT2D eigenvalue weighted by Crippen LogP contribution is 2.26. The van der Waals surface area contributed by atoms with Gasteiger partial charge in [-0.1, -0.05) is 11.6 Å². The molecule has 0 aliphatic heterocycles. The normalized spacial score (nSPS) is 11.5. The van der Waals surface area contributed by atoms with Crippen LogP contribution in [-0.2, 0) is 19.6 Å². The molecule has 1 rings (SSSR count). The second kappa shape index (κ2) is 6.42. The minimum atomic E-state index is -4.07. The van der Waals surface area contributed by atoms with Gasteiger partial charge in [0.1, 0.15) is 6.54 Å². The number of carbonyl (C=O) groups is 2. The molecular weight excluding hydrogens is 322 g/mol. The van der Waals surface area contributed by atoms with Crippen molar-refractivity contribution >= 4 is 33.6 Å². The first-order valence-electron chi connectivity index (χ1n) is 5.67. The molecule has 0 bridgehead atoms. The number of carboxylic acids is 1. The zero-order valence-corrected chi connectivity index (χ0v) is 13.2. The van der Waals surface area contributed by atoms with Crippen molar-refractivity contribution in [3.05, 3.63) is 28.3 Å². The zero-order valence-electron chi connectivity index (χ0n) is 11.6. The summed E-state index contributed by atoms with van der Waals surface area (Å²) in [4.78, 5) is 22.0. The lowest BCUT2D eigenvalue weighted by Crippen LogP contribution is -2.33. The van der Waals surface area contributed by atoms with E-state index in [4.69, 9.17) is 16.7 Å². The number of ether oxygens (including phenoxy) is 1. The van der Waals surface area contributed by atoms with E-state index >= 15 is 0 Å². The van der Waals surface area contributed by atoms with Gasteiger partial charge in [0.2, 0.25) is 10.0 Å². The molecular formula is C12H14ClNO6S. The minimum Gasteiger partial charge on any atom is -0.478 e. The van der Waals surface area contributed by atoms with E-state index in [0.717, 1.165) is 17.5 Å². The molecule has 7 nitrogen and oxygen atoms in total. The molecule has 0 unspecified atom stereocenters. The number of methoxy groups -OCH3 is 1. The topological polar surface area (TPSA) is 101 Å². The molecule has 0 aliphatic rings. The summed E-state index contributed by atoms with van der Waals surface area (Å²) < 4.78 is 30.0. The molecule has 0 heterocycles. The van der Waals surface area contributed by atoms with Crippen molar-refractivity contribution in [1.29, 1.82) is 0 Å². The van der Waals surface area contributed by atoms with E-state index in [1.165, 1.54) is 20.0 Å². The molecule has 1 N–H and O–H groups in total. The number of carboxylic acid groups (broad SMARTS) is 1. The fourth-order valence-electron chi connectivity index (χ4n) is 1.64. The Bertz CT molecular complexity index is 685. The maximum absolute atomic E-state index is 12.4. The predicted octanol–water partition coefficient (Wildman–Crippen LogP) is 1.14. The fraction of sp³-hybridized carbons (Fsp3) is 0.333. The second-order valence-electron chi connectivity index (χ2n) is 4.22. The third kappa shape index (κ3) is 3.72. The molecule has 0 amide bonds. The van der Waals surface area contributed by atoms with Crippen LogP contribution in [0, 0.1) is 6.92 Å². The van der Waals surface area contributed by atoms with Gasteiger partial charge in [0, 0.05) is 12.1 Å². The number of aromatic carboxylic acids is 1. The average Bonchev–Trinajstić information content (AvgIpc) is 2.40. The van der Waals surface area contributed by atoms with Crippen molar-refractivity contribution in [3.8, 4) is 0 Å². The predicted molar refractivity (Wildman–Crippen MR) is 75.0 cm³/mol. The molecule has 0 radical (unpaired) electrons. The first-order chi connectivity index (χ1) is 9.61. The van der Waals surface area contributed by atoms with Gasteiger partial charge in [0.15, 0.2) is 0 Å². The third-order valence-electron chi connectivity index (χ3n) is 2.82. The van der Waals surface area contributed by atoms with Crippen LogP contribution in [0.3, 0.4) is 0 Å². The van der Waals surface area contributed by atoms with Crippen LogP contribution in [0.2, 0.25) is 5.02 Å². The first-order valence-corrected chi connectivity index (χ1v) is 7.49. The van der Waals surface area contributed by atoms with Crippen LogP contribution in [-0.4, -0.2) is 50.5 Å². The number of halogens is 1. The van der Waals surface area contributed by atoms with E-state index in [1.807, 2.05) is 0 Å². The molecule has 0 spiro atoms. The smallest absolute Gasteiger partial charge is 0.336 e. The highest BCUT2D eigenvalue weighted by Gasteiger charge is 2.27. The number of hydrogen-bond acceptors (Lipinski definition) is 5. The van der Waals surface area contributed by atoms with Gasteiger partial charge in [0.25, 0.3) is 0 Å². The van der Waals surface area contributed by atoms with Gasteiger partial charge >= 0.3 is 11.9 Å². The Labute approximate surface area is 127 Å². The molecule has 9 heteroatoms. The summed E-state index contributed by atoms with van der Waals surface area (Å²) in [6, 6.07) is 2.31. The maximum Gasteiger partial charge on any atom is 0.336 e. The average molecular weight is 336 g/mol. The van der Waals surface area contributed by atoms with E-state index in [2.05, 4.69) is 4.74 Å². The lowest BCUT2D eigenvalue weighted by molar-refractivity contribution is -0.140. The van der Waals surface area contributed by atoms with E-state index in [-0.39, 0.29) is 21.0 Å². The van der Waals surface area contributed by atoms with Gasteiger partial charge in [-0.3, -0.25) is 4.79 Å². The van der Waals surface area contributed by atoms with E-state index in [1.54, 1.807) is 0 Å². The molecule has 0 aliphatic carbocycles. The Morgan fingerprint density at radius 1 is 1.38 bits per heavy atom. The van der Waals surface area contributed by atoms with Crippen LogP contribution in [0.15, 0.2) is 17.0 Å². The summed E-state index contributed by atoms with van der Waals surface area (Å²) in [7, 11) is -1.75. The molecule has 0 fully saturated rings. The summed E-state index contributed by atoms with van der Waals surface area (Å²) in [5.74, 6) is -2.03. The quantitative estimate of drug-likeness (QED) is 0.810. The Morgan fingerprint density at radius 2 is 1.95 bits per heavy atom. The number of nitrogens with zero attached hydrogens (tertiary/aromatic N) is 1. The molecule has 0 atom stereocenters. The Balaban J connectivity index is 3.38. The third-order valence-corrected chi connectivity index (χ3v) is 4.97. The highest BCUT2D eigenvalue weighted by atomic mass is 35.5. The Kier molecular flexibility index (Phi) is 5.32. The Morgan fingerprint density at radius 3 is 2.43 bits per heavy atom. The van der Waals surface area contributed by atoms with Gasteiger partial charge in [-0.2, -0.15) is 4.31 Å². The summed E-state index contributed by atoms with van der Waals surface area (Å²) in [5.41, 5.74) is -0.170. The monoisotopic (exact) mass is 335 g/mol. The minimum absolute atomic E-state index is 0.0250. The lowest BCUT2D eigenvalue weighted by Gasteiger charge is -2.18. The number of sulfonamides is 1. The number of benzene rings is 1. The largest absolute Gasteiger partial charge is 0.478 e. The maximum atomic E-state index is 12.4. The highest BCUT2D eigenvalue weighted by molar-refractivity contribution is 7.89. The molecule has 1 aromatic carbocycles. The van der Waals surface area contributed by atoms with Crippen molar-refractivity contribution in [2.45, 2.75) is 11.8 Å². The van der Waals surface area contributed by atoms with Crippen LogP contribution in [0.5, 0.6) is 0 Å². The number of esters is 1. The molecule has 0 saturated carbocycles. The molecule has 21 heavy (non-hydrogen) atoms. The summed E-state index contributed by atoms with van der Waals surface area (Å²) in [6.45, 7) is 0.867. The molecule has 0 aromatic heterocycles. The van der Waals surface area contributed by atoms with Crippen molar-refractivity contribution in [1.82, 2.24) is 4.31 Å². The van der Waals surface area contributed by atoms with E-state index < -0.39 is 28.5 Å². The number of rotatable bonds is 5. The van der Waals surface area contributed by atoms with Gasteiger partial charge in [0.05, 0.1) is 17.6 Å². The summed E-state index contributed by atoms with van der Waals surface area (Å²) in [6.07, 6.45) is 0. The van der Waals surface area contributed by atoms with Crippen LogP contribution in [0.25, 0.3) is 0 Å².